The molecule has 0 bridgehead atoms. The minimum Gasteiger partial charge on any atom is -0.388 e. The first kappa shape index (κ1) is 19.1. The van der Waals surface area contributed by atoms with E-state index in [1.54, 1.807) is 12.5 Å². The number of hydrogen-bond donors (Lipinski definition) is 4. The van der Waals surface area contributed by atoms with Gasteiger partial charge in [-0.15, -0.1) is 24.8 Å². The summed E-state index contributed by atoms with van der Waals surface area (Å²) in [5, 5.41) is 12.5. The largest absolute Gasteiger partial charge is 0.388 e. The third-order valence-corrected chi connectivity index (χ3v) is 3.69. The third-order valence-electron chi connectivity index (χ3n) is 3.69. The van der Waals surface area contributed by atoms with Gasteiger partial charge in [0.05, 0.1) is 31.6 Å². The zero-order valence-corrected chi connectivity index (χ0v) is 13.3. The minimum atomic E-state index is -0.666. The van der Waals surface area contributed by atoms with Crippen molar-refractivity contribution in [3.8, 4) is 0 Å². The standard InChI is InChI=1S/C12H18N4O4.2ClH/c13-7(1-6-2-14-5-15-6)12(18)16-8-3-19-11-9(17)4-20-10(8)11;;/h2,5,7-11,17H,1,3-4,13H2,(H,14,15)(H,16,18);2*1H/t7-,8+,9+,10+,11+;;/m0../s1. The lowest BCUT2D eigenvalue weighted by Gasteiger charge is -2.19. The van der Waals surface area contributed by atoms with Crippen molar-refractivity contribution in [3.63, 3.8) is 0 Å². The van der Waals surface area contributed by atoms with Crippen LogP contribution in [0.25, 0.3) is 0 Å². The molecule has 5 N–H and O–H groups in total. The van der Waals surface area contributed by atoms with E-state index in [0.717, 1.165) is 5.69 Å². The zero-order chi connectivity index (χ0) is 14.1. The Morgan fingerprint density at radius 2 is 2.18 bits per heavy atom. The van der Waals surface area contributed by atoms with Crippen LogP contribution >= 0.6 is 24.8 Å². The molecule has 2 fully saturated rings. The fourth-order valence-corrected chi connectivity index (χ4v) is 2.62. The maximum absolute atomic E-state index is 12.1. The van der Waals surface area contributed by atoms with Crippen LogP contribution < -0.4 is 11.1 Å². The third kappa shape index (κ3) is 3.89. The van der Waals surface area contributed by atoms with E-state index in [2.05, 4.69) is 15.3 Å². The number of halogens is 2. The van der Waals surface area contributed by atoms with Gasteiger partial charge in [0.15, 0.2) is 0 Å². The normalized spacial score (nSPS) is 30.8. The highest BCUT2D eigenvalue weighted by Gasteiger charge is 2.47. The fraction of sp³-hybridized carbons (Fsp3) is 0.667. The number of nitrogens with one attached hydrogen (secondary N) is 2. The van der Waals surface area contributed by atoms with Crippen LogP contribution in [-0.2, 0) is 20.7 Å². The lowest BCUT2D eigenvalue weighted by Crippen LogP contribution is -2.50. The number of amides is 1. The molecule has 5 atom stereocenters. The summed E-state index contributed by atoms with van der Waals surface area (Å²) >= 11 is 0. The Hall–Kier alpha value is -0.900. The number of nitrogens with two attached hydrogens (primary N) is 1. The van der Waals surface area contributed by atoms with Crippen LogP contribution in [-0.4, -0.2) is 64.6 Å². The summed E-state index contributed by atoms with van der Waals surface area (Å²) in [6.45, 7) is 0.566. The molecule has 1 amide bonds. The Bertz CT molecular complexity index is 476. The molecule has 0 aliphatic carbocycles. The van der Waals surface area contributed by atoms with Crippen LogP contribution in [0, 0.1) is 0 Å². The monoisotopic (exact) mass is 354 g/mol. The molecule has 22 heavy (non-hydrogen) atoms. The van der Waals surface area contributed by atoms with Crippen LogP contribution in [0.2, 0.25) is 0 Å². The quantitative estimate of drug-likeness (QED) is 0.536. The van der Waals surface area contributed by atoms with Gasteiger partial charge in [0.1, 0.15) is 18.3 Å². The van der Waals surface area contributed by atoms with Crippen molar-refractivity contribution in [2.45, 2.75) is 36.8 Å². The van der Waals surface area contributed by atoms with Crippen molar-refractivity contribution in [2.24, 2.45) is 5.73 Å². The van der Waals surface area contributed by atoms with Crippen LogP contribution in [0.15, 0.2) is 12.5 Å². The predicted molar refractivity (Wildman–Crippen MR) is 82.2 cm³/mol. The molecule has 0 saturated carbocycles. The van der Waals surface area contributed by atoms with Crippen molar-refractivity contribution in [2.75, 3.05) is 13.2 Å². The highest BCUT2D eigenvalue weighted by atomic mass is 35.5. The van der Waals surface area contributed by atoms with Crippen LogP contribution in [0.5, 0.6) is 0 Å². The Labute approximate surface area is 140 Å². The number of fused-ring (bicyclic) bond motifs is 1. The molecule has 3 rings (SSSR count). The maximum atomic E-state index is 12.1. The van der Waals surface area contributed by atoms with E-state index in [1.807, 2.05) is 0 Å². The van der Waals surface area contributed by atoms with Crippen LogP contribution in [0.3, 0.4) is 0 Å². The van der Waals surface area contributed by atoms with Gasteiger partial charge in [-0.05, 0) is 0 Å². The smallest absolute Gasteiger partial charge is 0.237 e. The number of rotatable bonds is 4. The molecule has 2 saturated heterocycles. The maximum Gasteiger partial charge on any atom is 0.237 e. The Morgan fingerprint density at radius 3 is 2.86 bits per heavy atom. The van der Waals surface area contributed by atoms with Crippen molar-refractivity contribution in [3.05, 3.63) is 18.2 Å². The number of aliphatic hydroxyl groups is 1. The van der Waals surface area contributed by atoms with Gasteiger partial charge in [-0.25, -0.2) is 4.98 Å². The second-order valence-corrected chi connectivity index (χ2v) is 5.17. The first-order chi connectivity index (χ1) is 9.65. The van der Waals surface area contributed by atoms with Gasteiger partial charge in [-0.2, -0.15) is 0 Å². The highest BCUT2D eigenvalue weighted by molar-refractivity contribution is 5.85. The van der Waals surface area contributed by atoms with E-state index in [9.17, 15) is 9.90 Å². The molecule has 0 unspecified atom stereocenters. The number of aromatic amines is 1. The molecule has 1 aromatic rings. The molecule has 126 valence electrons. The molecule has 10 heteroatoms. The Morgan fingerprint density at radius 1 is 1.45 bits per heavy atom. The van der Waals surface area contributed by atoms with Gasteiger partial charge in [-0.3, -0.25) is 4.79 Å². The second-order valence-electron chi connectivity index (χ2n) is 5.17. The molecule has 0 spiro atoms. The SMILES string of the molecule is Cl.Cl.N[C@@H](Cc1cnc[nH]1)C(=O)N[C@@H]1CO[C@H]2[C@@H]1OC[C@H]2O. The first-order valence-corrected chi connectivity index (χ1v) is 6.59. The molecular formula is C12H20Cl2N4O4. The number of ether oxygens (including phenoxy) is 2. The molecule has 2 aliphatic heterocycles. The van der Waals surface area contributed by atoms with E-state index in [-0.39, 0.29) is 55.6 Å². The van der Waals surface area contributed by atoms with Gasteiger partial charge in [0.2, 0.25) is 5.91 Å². The van der Waals surface area contributed by atoms with Crippen LogP contribution in [0.1, 0.15) is 5.69 Å². The van der Waals surface area contributed by atoms with E-state index >= 15 is 0 Å². The number of aliphatic hydroxyl groups excluding tert-OH is 1. The number of nitrogens with zero attached hydrogens (tertiary/aromatic N) is 1. The second kappa shape index (κ2) is 8.09. The van der Waals surface area contributed by atoms with Crippen LogP contribution in [0.4, 0.5) is 0 Å². The summed E-state index contributed by atoms with van der Waals surface area (Å²) in [7, 11) is 0. The van der Waals surface area contributed by atoms with E-state index in [0.29, 0.717) is 13.0 Å². The van der Waals surface area contributed by atoms with Gasteiger partial charge in [0.25, 0.3) is 0 Å². The van der Waals surface area contributed by atoms with Gasteiger partial charge < -0.3 is 30.6 Å². The number of carbonyl (C=O) groups is 1. The van der Waals surface area contributed by atoms with Crippen molar-refractivity contribution in [1.29, 1.82) is 0 Å². The summed E-state index contributed by atoms with van der Waals surface area (Å²) in [5.74, 6) is -0.265. The predicted octanol–water partition coefficient (Wildman–Crippen LogP) is -1.23. The molecule has 2 aliphatic rings. The van der Waals surface area contributed by atoms with Crippen molar-refractivity contribution >= 4 is 30.7 Å². The number of hydrogen-bond acceptors (Lipinski definition) is 6. The minimum absolute atomic E-state index is 0. The van der Waals surface area contributed by atoms with Crippen molar-refractivity contribution < 1.29 is 19.4 Å². The summed E-state index contributed by atoms with van der Waals surface area (Å²) in [6, 6.07) is -0.932. The van der Waals surface area contributed by atoms with Gasteiger partial charge in [0, 0.05) is 18.3 Å². The van der Waals surface area contributed by atoms with E-state index in [4.69, 9.17) is 15.2 Å². The molecular weight excluding hydrogens is 335 g/mol. The van der Waals surface area contributed by atoms with E-state index in [1.165, 1.54) is 0 Å². The van der Waals surface area contributed by atoms with Gasteiger partial charge >= 0.3 is 0 Å². The van der Waals surface area contributed by atoms with E-state index < -0.39 is 12.1 Å². The summed E-state index contributed by atoms with van der Waals surface area (Å²) in [5.41, 5.74) is 6.67. The average Bonchev–Trinajstić information content (AvgIpc) is 3.11. The lowest BCUT2D eigenvalue weighted by molar-refractivity contribution is -0.123. The average molecular weight is 355 g/mol. The molecule has 1 aromatic heterocycles. The molecule has 3 heterocycles. The van der Waals surface area contributed by atoms with Crippen molar-refractivity contribution in [1.82, 2.24) is 15.3 Å². The summed E-state index contributed by atoms with van der Waals surface area (Å²) in [6.07, 6.45) is 2.29. The fourth-order valence-electron chi connectivity index (χ4n) is 2.62. The topological polar surface area (TPSA) is 122 Å². The summed E-state index contributed by atoms with van der Waals surface area (Å²) < 4.78 is 10.9. The summed E-state index contributed by atoms with van der Waals surface area (Å²) in [4.78, 5) is 18.8. The highest BCUT2D eigenvalue weighted by Crippen LogP contribution is 2.26. The lowest BCUT2D eigenvalue weighted by atomic mass is 10.1. The molecule has 0 aromatic carbocycles. The number of imidazole rings is 1. The number of carbonyl (C=O) groups excluding carboxylic acids is 1. The zero-order valence-electron chi connectivity index (χ0n) is 11.7. The Kier molecular flexibility index (Phi) is 7.04. The molecule has 0 radical (unpaired) electrons. The van der Waals surface area contributed by atoms with Gasteiger partial charge in [-0.1, -0.05) is 0 Å². The molecule has 8 nitrogen and oxygen atoms in total. The Balaban J connectivity index is 0.00000121. The number of aromatic nitrogens is 2. The number of H-pyrrole nitrogens is 1. The first-order valence-electron chi connectivity index (χ1n) is 6.59.